The Kier molecular flexibility index (Phi) is 7.29. The van der Waals surface area contributed by atoms with Crippen molar-refractivity contribution >= 4 is 23.3 Å². The molecule has 31 heavy (non-hydrogen) atoms. The summed E-state index contributed by atoms with van der Waals surface area (Å²) in [6, 6.07) is 2.68. The molecular formula is C23H30N4O4. The minimum Gasteiger partial charge on any atom is -0.481 e. The number of carbonyl (C=O) groups is 3. The Morgan fingerprint density at radius 1 is 1.29 bits per heavy atom. The summed E-state index contributed by atoms with van der Waals surface area (Å²) in [6.07, 6.45) is 11.7. The number of hydrogen-bond acceptors (Lipinski definition) is 6. The number of anilines is 1. The molecule has 1 aliphatic carbocycles. The van der Waals surface area contributed by atoms with E-state index in [0.717, 1.165) is 31.6 Å². The molecule has 1 unspecified atom stereocenters. The molecule has 1 aliphatic heterocycles. The summed E-state index contributed by atoms with van der Waals surface area (Å²) in [5.74, 6) is 0.337. The van der Waals surface area contributed by atoms with Crippen LogP contribution in [0.4, 0.5) is 5.69 Å². The van der Waals surface area contributed by atoms with Gasteiger partial charge in [0.2, 0.25) is 0 Å². The number of nitrogens with one attached hydrogen (secondary N) is 2. The largest absolute Gasteiger partial charge is 0.481 e. The van der Waals surface area contributed by atoms with Gasteiger partial charge in [0.25, 0.3) is 5.91 Å². The number of amides is 1. The Hall–Kier alpha value is -2.92. The van der Waals surface area contributed by atoms with Gasteiger partial charge < -0.3 is 20.6 Å². The first-order valence-electron chi connectivity index (χ1n) is 10.9. The molecule has 1 saturated heterocycles. The molecular weight excluding hydrogens is 396 g/mol. The number of rotatable bonds is 10. The molecule has 1 aromatic rings. The zero-order valence-electron chi connectivity index (χ0n) is 17.8. The number of aliphatic carboxylic acids is 1. The zero-order chi connectivity index (χ0) is 22.4. The fourth-order valence-electron chi connectivity index (χ4n) is 4.45. The zero-order valence-corrected chi connectivity index (χ0v) is 17.8. The summed E-state index contributed by atoms with van der Waals surface area (Å²) in [5, 5.41) is 15.1. The smallest absolute Gasteiger partial charge is 0.306 e. The van der Waals surface area contributed by atoms with E-state index in [4.69, 9.17) is 11.5 Å². The Morgan fingerprint density at radius 3 is 2.45 bits per heavy atom. The first-order chi connectivity index (χ1) is 14.9. The molecule has 0 radical (unpaired) electrons. The molecule has 2 heterocycles. The molecule has 0 aromatic carbocycles. The van der Waals surface area contributed by atoms with Gasteiger partial charge in [-0.25, -0.2) is 0 Å². The molecule has 1 aromatic heterocycles. The lowest BCUT2D eigenvalue weighted by Crippen LogP contribution is -2.67. The number of piperidine rings is 1. The van der Waals surface area contributed by atoms with E-state index in [1.165, 1.54) is 0 Å². The van der Waals surface area contributed by atoms with E-state index in [0.29, 0.717) is 12.8 Å². The topological polar surface area (TPSA) is 112 Å². The van der Waals surface area contributed by atoms with E-state index >= 15 is 0 Å². The predicted molar refractivity (Wildman–Crippen MR) is 116 cm³/mol. The summed E-state index contributed by atoms with van der Waals surface area (Å²) >= 11 is 0. The number of carbonyl (C=O) groups excluding carboxylic acids is 2. The first kappa shape index (κ1) is 22.8. The van der Waals surface area contributed by atoms with Gasteiger partial charge in [0.1, 0.15) is 6.04 Å². The van der Waals surface area contributed by atoms with E-state index in [2.05, 4.69) is 21.5 Å². The predicted octanol–water partition coefficient (Wildman–Crippen LogP) is 1.36. The number of hydrogen-bond donors (Lipinski definition) is 3. The fraction of sp³-hybridized carbons (Fsp3) is 0.565. The molecule has 2 fully saturated rings. The Bertz CT molecular complexity index is 843. The van der Waals surface area contributed by atoms with Crippen molar-refractivity contribution in [1.29, 1.82) is 0 Å². The van der Waals surface area contributed by atoms with Crippen LogP contribution in [0.1, 0.15) is 45.4 Å². The lowest BCUT2D eigenvalue weighted by molar-refractivity contribution is -0.139. The summed E-state index contributed by atoms with van der Waals surface area (Å²) in [7, 11) is 0. The van der Waals surface area contributed by atoms with Crippen molar-refractivity contribution in [3.05, 3.63) is 24.5 Å². The highest BCUT2D eigenvalue weighted by Crippen LogP contribution is 2.41. The van der Waals surface area contributed by atoms with Crippen molar-refractivity contribution in [2.75, 3.05) is 18.0 Å². The van der Waals surface area contributed by atoms with Gasteiger partial charge in [0.15, 0.2) is 11.3 Å². The van der Waals surface area contributed by atoms with E-state index in [1.54, 1.807) is 12.4 Å². The molecule has 1 amide bonds. The third-order valence-electron chi connectivity index (χ3n) is 6.15. The third kappa shape index (κ3) is 4.88. The average molecular weight is 427 g/mol. The summed E-state index contributed by atoms with van der Waals surface area (Å²) in [5.41, 5.74) is -0.703. The number of aromatic nitrogens is 1. The summed E-state index contributed by atoms with van der Waals surface area (Å²) in [6.45, 7) is 3.28. The van der Waals surface area contributed by atoms with Gasteiger partial charge >= 0.3 is 5.97 Å². The highest BCUT2D eigenvalue weighted by molar-refractivity contribution is 6.15. The number of ketones is 1. The van der Waals surface area contributed by atoms with Crippen molar-refractivity contribution in [3.8, 4) is 12.3 Å². The molecule has 8 nitrogen and oxygen atoms in total. The number of pyridine rings is 1. The van der Waals surface area contributed by atoms with Crippen LogP contribution in [-0.2, 0) is 14.4 Å². The van der Waals surface area contributed by atoms with Crippen LogP contribution in [0.2, 0.25) is 0 Å². The second-order valence-electron chi connectivity index (χ2n) is 8.20. The van der Waals surface area contributed by atoms with Crippen LogP contribution in [0.25, 0.3) is 0 Å². The van der Waals surface area contributed by atoms with E-state index in [-0.39, 0.29) is 24.2 Å². The molecule has 3 rings (SSSR count). The molecule has 3 N–H and O–H groups in total. The van der Waals surface area contributed by atoms with Crippen LogP contribution in [0.3, 0.4) is 0 Å². The van der Waals surface area contributed by atoms with E-state index in [9.17, 15) is 14.4 Å². The van der Waals surface area contributed by atoms with Crippen molar-refractivity contribution in [1.82, 2.24) is 15.6 Å². The SMILES string of the molecule is C#C[C@H](CC(=O)O)NC(=O)C(CC)(C(=O)C1CCNCC1)N(c1ccncc1)C1CC1. The van der Waals surface area contributed by atoms with Gasteiger partial charge in [-0.2, -0.15) is 0 Å². The lowest BCUT2D eigenvalue weighted by atomic mass is 9.77. The molecule has 0 spiro atoms. The maximum atomic E-state index is 14.0. The van der Waals surface area contributed by atoms with Crippen LogP contribution in [-0.4, -0.2) is 58.5 Å². The monoisotopic (exact) mass is 426 g/mol. The van der Waals surface area contributed by atoms with Gasteiger partial charge in [0, 0.05) is 30.0 Å². The standard InChI is InChI=1S/C23H30N4O4/c1-3-17(15-20(28)29)26-22(31)23(4-2,21(30)16-7-11-24-12-8-16)27(18-5-6-18)19-9-13-25-14-10-19/h1,9-10,13-14,16-18,24H,4-8,11-12,15H2,2H3,(H,26,31)(H,28,29)/t17-,23?/m1/s1. The Balaban J connectivity index is 2.05. The molecule has 0 bridgehead atoms. The molecule has 1 saturated carbocycles. The van der Waals surface area contributed by atoms with Gasteiger partial charge in [-0.1, -0.05) is 12.8 Å². The minimum absolute atomic E-state index is 0.0579. The maximum absolute atomic E-state index is 14.0. The van der Waals surface area contributed by atoms with E-state index < -0.39 is 29.9 Å². The maximum Gasteiger partial charge on any atom is 0.306 e. The molecule has 8 heteroatoms. The highest BCUT2D eigenvalue weighted by atomic mass is 16.4. The normalized spacial score (nSPS) is 19.5. The Morgan fingerprint density at radius 2 is 1.94 bits per heavy atom. The first-order valence-corrected chi connectivity index (χ1v) is 10.9. The molecule has 2 aliphatic rings. The van der Waals surface area contributed by atoms with Gasteiger partial charge in [-0.3, -0.25) is 19.4 Å². The average Bonchev–Trinajstić information content (AvgIpc) is 3.62. The number of carboxylic acids is 1. The van der Waals surface area contributed by atoms with E-state index in [1.807, 2.05) is 24.0 Å². The van der Waals surface area contributed by atoms with Crippen molar-refractivity contribution < 1.29 is 19.5 Å². The highest BCUT2D eigenvalue weighted by Gasteiger charge is 2.55. The number of nitrogens with zero attached hydrogens (tertiary/aromatic N) is 2. The van der Waals surface area contributed by atoms with Crippen LogP contribution in [0, 0.1) is 18.3 Å². The molecule has 2 atom stereocenters. The van der Waals surface area contributed by atoms with Crippen LogP contribution in [0.5, 0.6) is 0 Å². The van der Waals surface area contributed by atoms with Crippen molar-refractivity contribution in [2.45, 2.75) is 63.1 Å². The van der Waals surface area contributed by atoms with Crippen LogP contribution < -0.4 is 15.5 Å². The number of Topliss-reactive ketones (excluding diaryl/α,β-unsaturated/α-hetero) is 1. The second kappa shape index (κ2) is 9.92. The molecule has 166 valence electrons. The van der Waals surface area contributed by atoms with Gasteiger partial charge in [-0.05, 0) is 57.3 Å². The second-order valence-corrected chi connectivity index (χ2v) is 8.20. The summed E-state index contributed by atoms with van der Waals surface area (Å²) < 4.78 is 0. The van der Waals surface area contributed by atoms with Gasteiger partial charge in [-0.15, -0.1) is 6.42 Å². The van der Waals surface area contributed by atoms with Crippen molar-refractivity contribution in [2.24, 2.45) is 5.92 Å². The number of terminal acetylenes is 1. The summed E-state index contributed by atoms with van der Waals surface area (Å²) in [4.78, 5) is 45.0. The lowest BCUT2D eigenvalue weighted by Gasteiger charge is -2.45. The van der Waals surface area contributed by atoms with Crippen molar-refractivity contribution in [3.63, 3.8) is 0 Å². The third-order valence-corrected chi connectivity index (χ3v) is 6.15. The van der Waals surface area contributed by atoms with Crippen LogP contribution in [0.15, 0.2) is 24.5 Å². The van der Waals surface area contributed by atoms with Gasteiger partial charge in [0.05, 0.1) is 6.42 Å². The Labute approximate surface area is 182 Å². The number of carboxylic acid groups (broad SMARTS) is 1. The minimum atomic E-state index is -1.46. The quantitative estimate of drug-likeness (QED) is 0.383. The van der Waals surface area contributed by atoms with Crippen LogP contribution >= 0.6 is 0 Å². The fourth-order valence-corrected chi connectivity index (χ4v) is 4.45.